The van der Waals surface area contributed by atoms with E-state index in [4.69, 9.17) is 4.52 Å². The molecular formula is C15H12FN3O. The maximum Gasteiger partial charge on any atom is 0.226 e. The highest BCUT2D eigenvalue weighted by Crippen LogP contribution is 2.21. The summed E-state index contributed by atoms with van der Waals surface area (Å²) in [5, 5.41) is 3.87. The van der Waals surface area contributed by atoms with Gasteiger partial charge in [-0.3, -0.25) is 4.98 Å². The maximum atomic E-state index is 13.2. The van der Waals surface area contributed by atoms with Gasteiger partial charge in [0.25, 0.3) is 0 Å². The lowest BCUT2D eigenvalue weighted by Gasteiger charge is -2.01. The Kier molecular flexibility index (Phi) is 3.25. The normalized spacial score (nSPS) is 10.7. The first-order chi connectivity index (χ1) is 9.76. The number of halogens is 1. The largest absolute Gasteiger partial charge is 0.339 e. The van der Waals surface area contributed by atoms with Crippen molar-refractivity contribution in [2.24, 2.45) is 0 Å². The van der Waals surface area contributed by atoms with E-state index in [0.29, 0.717) is 23.8 Å². The maximum absolute atomic E-state index is 13.2. The predicted octanol–water partition coefficient (Wildman–Crippen LogP) is 3.50. The van der Waals surface area contributed by atoms with Crippen molar-refractivity contribution in [2.45, 2.75) is 13.3 Å². The minimum absolute atomic E-state index is 0.266. The molecule has 1 aromatic carbocycles. The molecule has 3 rings (SSSR count). The molecule has 0 N–H and O–H groups in total. The Morgan fingerprint density at radius 1 is 1.15 bits per heavy atom. The van der Waals surface area contributed by atoms with Crippen molar-refractivity contribution < 1.29 is 8.91 Å². The number of benzene rings is 1. The van der Waals surface area contributed by atoms with Crippen LogP contribution in [0.5, 0.6) is 0 Å². The highest BCUT2D eigenvalue weighted by molar-refractivity contribution is 5.64. The molecule has 0 saturated heterocycles. The van der Waals surface area contributed by atoms with E-state index in [1.165, 1.54) is 12.1 Å². The Hall–Kier alpha value is -2.56. The number of hydrogen-bond acceptors (Lipinski definition) is 4. The highest BCUT2D eigenvalue weighted by Gasteiger charge is 2.08. The number of rotatable bonds is 3. The minimum Gasteiger partial charge on any atom is -0.339 e. The van der Waals surface area contributed by atoms with Gasteiger partial charge in [-0.15, -0.1) is 0 Å². The van der Waals surface area contributed by atoms with Gasteiger partial charge in [-0.1, -0.05) is 30.3 Å². The molecule has 0 saturated carbocycles. The Bertz CT molecular complexity index is 722. The van der Waals surface area contributed by atoms with Gasteiger partial charge in [-0.25, -0.2) is 4.39 Å². The summed E-state index contributed by atoms with van der Waals surface area (Å²) in [5.41, 5.74) is 2.26. The van der Waals surface area contributed by atoms with Crippen LogP contribution >= 0.6 is 0 Å². The monoisotopic (exact) mass is 269 g/mol. The van der Waals surface area contributed by atoms with Crippen molar-refractivity contribution in [3.63, 3.8) is 0 Å². The SMILES string of the molecule is CCc1nc(-c2ccc(-c3cccc(F)c3)cn2)no1. The number of pyridine rings is 1. The van der Waals surface area contributed by atoms with E-state index >= 15 is 0 Å². The predicted molar refractivity (Wildman–Crippen MR) is 72.3 cm³/mol. The molecule has 2 heterocycles. The van der Waals surface area contributed by atoms with Gasteiger partial charge < -0.3 is 4.52 Å². The molecule has 100 valence electrons. The van der Waals surface area contributed by atoms with Crippen LogP contribution in [0.2, 0.25) is 0 Å². The molecule has 5 heteroatoms. The standard InChI is InChI=1S/C15H12FN3O/c1-2-14-18-15(19-20-14)13-7-6-11(9-17-13)10-4-3-5-12(16)8-10/h3-9H,2H2,1H3. The second-order valence-corrected chi connectivity index (χ2v) is 4.31. The smallest absolute Gasteiger partial charge is 0.226 e. The molecule has 0 aliphatic carbocycles. The van der Waals surface area contributed by atoms with Gasteiger partial charge in [0, 0.05) is 18.2 Å². The molecule has 2 aromatic heterocycles. The zero-order valence-corrected chi connectivity index (χ0v) is 10.9. The molecule has 0 amide bonds. The summed E-state index contributed by atoms with van der Waals surface area (Å²) in [6.45, 7) is 1.94. The lowest BCUT2D eigenvalue weighted by atomic mass is 10.1. The fourth-order valence-electron chi connectivity index (χ4n) is 1.87. The van der Waals surface area contributed by atoms with E-state index in [9.17, 15) is 4.39 Å². The summed E-state index contributed by atoms with van der Waals surface area (Å²) >= 11 is 0. The van der Waals surface area contributed by atoms with Crippen LogP contribution < -0.4 is 0 Å². The molecule has 3 aromatic rings. The number of nitrogens with zero attached hydrogens (tertiary/aromatic N) is 3. The average Bonchev–Trinajstić information content (AvgIpc) is 2.96. The summed E-state index contributed by atoms with van der Waals surface area (Å²) < 4.78 is 18.2. The lowest BCUT2D eigenvalue weighted by Crippen LogP contribution is -1.88. The van der Waals surface area contributed by atoms with Gasteiger partial charge in [0.05, 0.1) is 0 Å². The molecule has 0 aliphatic heterocycles. The van der Waals surface area contributed by atoms with Gasteiger partial charge in [-0.2, -0.15) is 4.98 Å². The van der Waals surface area contributed by atoms with E-state index < -0.39 is 0 Å². The molecule has 20 heavy (non-hydrogen) atoms. The Balaban J connectivity index is 1.91. The van der Waals surface area contributed by atoms with Crippen molar-refractivity contribution >= 4 is 0 Å². The number of hydrogen-bond donors (Lipinski definition) is 0. The van der Waals surface area contributed by atoms with Crippen LogP contribution in [0, 0.1) is 5.82 Å². The van der Waals surface area contributed by atoms with Crippen LogP contribution in [0.25, 0.3) is 22.6 Å². The van der Waals surface area contributed by atoms with Crippen LogP contribution in [0.15, 0.2) is 47.1 Å². The minimum atomic E-state index is -0.266. The molecule has 0 aliphatic rings. The number of aromatic nitrogens is 3. The fourth-order valence-corrected chi connectivity index (χ4v) is 1.87. The highest BCUT2D eigenvalue weighted by atomic mass is 19.1. The third-order valence-electron chi connectivity index (χ3n) is 2.92. The summed E-state index contributed by atoms with van der Waals surface area (Å²) in [5.74, 6) is 0.779. The van der Waals surface area contributed by atoms with Crippen LogP contribution in [0.3, 0.4) is 0 Å². The molecule has 0 bridgehead atoms. The van der Waals surface area contributed by atoms with Crippen molar-refractivity contribution in [1.82, 2.24) is 15.1 Å². The molecule has 0 spiro atoms. The Morgan fingerprint density at radius 2 is 2.05 bits per heavy atom. The van der Waals surface area contributed by atoms with Crippen molar-refractivity contribution in [3.8, 4) is 22.6 Å². The van der Waals surface area contributed by atoms with Gasteiger partial charge in [0.1, 0.15) is 11.5 Å². The lowest BCUT2D eigenvalue weighted by molar-refractivity contribution is 0.382. The van der Waals surface area contributed by atoms with Crippen molar-refractivity contribution in [1.29, 1.82) is 0 Å². The van der Waals surface area contributed by atoms with E-state index in [-0.39, 0.29) is 5.82 Å². The van der Waals surface area contributed by atoms with E-state index in [1.807, 2.05) is 19.1 Å². The average molecular weight is 269 g/mol. The Morgan fingerprint density at radius 3 is 2.70 bits per heavy atom. The van der Waals surface area contributed by atoms with Crippen LogP contribution in [-0.4, -0.2) is 15.1 Å². The topological polar surface area (TPSA) is 51.8 Å². The third-order valence-corrected chi connectivity index (χ3v) is 2.92. The second-order valence-electron chi connectivity index (χ2n) is 4.31. The molecule has 0 atom stereocenters. The zero-order valence-electron chi connectivity index (χ0n) is 10.9. The zero-order chi connectivity index (χ0) is 13.9. The van der Waals surface area contributed by atoms with Gasteiger partial charge >= 0.3 is 0 Å². The molecule has 4 nitrogen and oxygen atoms in total. The first kappa shape index (κ1) is 12.5. The summed E-state index contributed by atoms with van der Waals surface area (Å²) in [6, 6.07) is 10.1. The van der Waals surface area contributed by atoms with Crippen LogP contribution in [0.1, 0.15) is 12.8 Å². The Labute approximate surface area is 115 Å². The molecular weight excluding hydrogens is 257 g/mol. The fraction of sp³-hybridized carbons (Fsp3) is 0.133. The second kappa shape index (κ2) is 5.21. The van der Waals surface area contributed by atoms with E-state index in [0.717, 1.165) is 11.1 Å². The quantitative estimate of drug-likeness (QED) is 0.730. The van der Waals surface area contributed by atoms with Crippen molar-refractivity contribution in [3.05, 3.63) is 54.3 Å². The summed E-state index contributed by atoms with van der Waals surface area (Å²) in [4.78, 5) is 8.51. The third kappa shape index (κ3) is 2.42. The summed E-state index contributed by atoms with van der Waals surface area (Å²) in [7, 11) is 0. The van der Waals surface area contributed by atoms with Crippen LogP contribution in [0.4, 0.5) is 4.39 Å². The van der Waals surface area contributed by atoms with Gasteiger partial charge in [0.2, 0.25) is 11.7 Å². The van der Waals surface area contributed by atoms with Gasteiger partial charge in [0.15, 0.2) is 0 Å². The van der Waals surface area contributed by atoms with Crippen LogP contribution in [-0.2, 0) is 6.42 Å². The molecule has 0 radical (unpaired) electrons. The molecule has 0 fully saturated rings. The van der Waals surface area contributed by atoms with Gasteiger partial charge in [-0.05, 0) is 23.8 Å². The summed E-state index contributed by atoms with van der Waals surface area (Å²) in [6.07, 6.45) is 2.36. The number of aryl methyl sites for hydroxylation is 1. The first-order valence-corrected chi connectivity index (χ1v) is 6.31. The van der Waals surface area contributed by atoms with E-state index in [2.05, 4.69) is 15.1 Å². The first-order valence-electron chi connectivity index (χ1n) is 6.31. The van der Waals surface area contributed by atoms with E-state index in [1.54, 1.807) is 18.3 Å². The van der Waals surface area contributed by atoms with Crippen molar-refractivity contribution in [2.75, 3.05) is 0 Å². The molecule has 0 unspecified atom stereocenters.